The highest BCUT2D eigenvalue weighted by Gasteiger charge is 2.20. The third-order valence-electron chi connectivity index (χ3n) is 2.58. The normalized spacial score (nSPS) is 10.2. The first-order chi connectivity index (χ1) is 8.49. The number of nitrogens with zero attached hydrogens (tertiary/aromatic N) is 2. The number of nitrogens with one attached hydrogen (secondary N) is 1. The van der Waals surface area contributed by atoms with Crippen LogP contribution in [0.3, 0.4) is 0 Å². The van der Waals surface area contributed by atoms with Crippen molar-refractivity contribution in [1.29, 1.82) is 0 Å². The summed E-state index contributed by atoms with van der Waals surface area (Å²) >= 11 is 3.33. The van der Waals surface area contributed by atoms with Crippen molar-refractivity contribution in [2.24, 2.45) is 7.05 Å². The lowest BCUT2D eigenvalue weighted by atomic mass is 10.3. The zero-order valence-corrected chi connectivity index (χ0v) is 12.5. The van der Waals surface area contributed by atoms with Gasteiger partial charge in [0.1, 0.15) is 5.69 Å². The Morgan fingerprint density at radius 1 is 1.50 bits per heavy atom. The van der Waals surface area contributed by atoms with Crippen molar-refractivity contribution >= 4 is 27.7 Å². The molecule has 5 nitrogen and oxygen atoms in total. The maximum absolute atomic E-state index is 12.3. The van der Waals surface area contributed by atoms with E-state index in [1.807, 2.05) is 20.2 Å². The Hall–Kier alpha value is -1.30. The highest BCUT2D eigenvalue weighted by atomic mass is 79.9. The van der Waals surface area contributed by atoms with Gasteiger partial charge in [-0.3, -0.25) is 9.59 Å². The minimum Gasteiger partial charge on any atom is -0.358 e. The molecule has 2 amide bonds. The van der Waals surface area contributed by atoms with E-state index in [-0.39, 0.29) is 18.4 Å². The van der Waals surface area contributed by atoms with Crippen LogP contribution in [0.4, 0.5) is 0 Å². The van der Waals surface area contributed by atoms with Crippen molar-refractivity contribution in [3.05, 3.63) is 22.4 Å². The molecule has 1 aromatic rings. The number of amides is 2. The quantitative estimate of drug-likeness (QED) is 0.892. The molecule has 0 bridgehead atoms. The SMILES string of the molecule is CCCN(CC(=O)NC)C(=O)c1cc(Br)cn1C. The smallest absolute Gasteiger partial charge is 0.270 e. The van der Waals surface area contributed by atoms with E-state index in [9.17, 15) is 9.59 Å². The molecule has 0 aliphatic heterocycles. The first kappa shape index (κ1) is 14.8. The van der Waals surface area contributed by atoms with Crippen LogP contribution in [0.25, 0.3) is 0 Å². The minimum atomic E-state index is -0.162. The van der Waals surface area contributed by atoms with E-state index in [0.717, 1.165) is 10.9 Å². The van der Waals surface area contributed by atoms with Crippen molar-refractivity contribution in [2.45, 2.75) is 13.3 Å². The fraction of sp³-hybridized carbons (Fsp3) is 0.500. The first-order valence-corrected chi connectivity index (χ1v) is 6.60. The van der Waals surface area contributed by atoms with Gasteiger partial charge < -0.3 is 14.8 Å². The van der Waals surface area contributed by atoms with Crippen LogP contribution in [-0.2, 0) is 11.8 Å². The van der Waals surface area contributed by atoms with Crippen molar-refractivity contribution in [3.8, 4) is 0 Å². The number of carbonyl (C=O) groups excluding carboxylic acids is 2. The van der Waals surface area contributed by atoms with Gasteiger partial charge >= 0.3 is 0 Å². The summed E-state index contributed by atoms with van der Waals surface area (Å²) in [5.41, 5.74) is 0.569. The molecule has 0 atom stereocenters. The lowest BCUT2D eigenvalue weighted by Crippen LogP contribution is -2.40. The average molecular weight is 316 g/mol. The summed E-state index contributed by atoms with van der Waals surface area (Å²) in [6, 6.07) is 1.76. The molecule has 0 saturated carbocycles. The second-order valence-corrected chi connectivity index (χ2v) is 4.97. The molecule has 0 spiro atoms. The molecule has 0 radical (unpaired) electrons. The molecule has 1 N–H and O–H groups in total. The Bertz CT molecular complexity index is 443. The molecular weight excluding hydrogens is 298 g/mol. The van der Waals surface area contributed by atoms with E-state index in [4.69, 9.17) is 0 Å². The fourth-order valence-electron chi connectivity index (χ4n) is 1.67. The van der Waals surface area contributed by atoms with Gasteiger partial charge in [-0.05, 0) is 28.4 Å². The maximum atomic E-state index is 12.3. The van der Waals surface area contributed by atoms with Gasteiger partial charge in [-0.15, -0.1) is 0 Å². The summed E-state index contributed by atoms with van der Waals surface area (Å²) in [6.45, 7) is 2.63. The Balaban J connectivity index is 2.88. The van der Waals surface area contributed by atoms with E-state index >= 15 is 0 Å². The molecule has 0 aliphatic rings. The van der Waals surface area contributed by atoms with Crippen molar-refractivity contribution in [1.82, 2.24) is 14.8 Å². The van der Waals surface area contributed by atoms with Gasteiger partial charge in [0.05, 0.1) is 6.54 Å². The van der Waals surface area contributed by atoms with E-state index in [2.05, 4.69) is 21.2 Å². The predicted octanol–water partition coefficient (Wildman–Crippen LogP) is 1.39. The average Bonchev–Trinajstić information content (AvgIpc) is 2.66. The molecule has 1 heterocycles. The largest absolute Gasteiger partial charge is 0.358 e. The number of carbonyl (C=O) groups is 2. The number of aromatic nitrogens is 1. The van der Waals surface area contributed by atoms with E-state index < -0.39 is 0 Å². The highest BCUT2D eigenvalue weighted by Crippen LogP contribution is 2.15. The van der Waals surface area contributed by atoms with Gasteiger partial charge in [0.2, 0.25) is 5.91 Å². The minimum absolute atomic E-state index is 0.0893. The molecule has 100 valence electrons. The predicted molar refractivity (Wildman–Crippen MR) is 73.4 cm³/mol. The summed E-state index contributed by atoms with van der Waals surface area (Å²) in [5.74, 6) is -0.293. The molecular formula is C12H18BrN3O2. The third kappa shape index (κ3) is 3.60. The molecule has 1 rings (SSSR count). The molecule has 0 aromatic carbocycles. The Kier molecular flexibility index (Phi) is 5.40. The van der Waals surface area contributed by atoms with Gasteiger partial charge in [-0.25, -0.2) is 0 Å². The number of rotatable bonds is 5. The number of halogens is 1. The summed E-state index contributed by atoms with van der Waals surface area (Å²) < 4.78 is 2.60. The zero-order chi connectivity index (χ0) is 13.7. The third-order valence-corrected chi connectivity index (χ3v) is 3.02. The molecule has 18 heavy (non-hydrogen) atoms. The Morgan fingerprint density at radius 3 is 2.61 bits per heavy atom. The standard InChI is InChI=1S/C12H18BrN3O2/c1-4-5-16(8-11(17)14-2)12(18)10-6-9(13)7-15(10)3/h6-7H,4-5,8H2,1-3H3,(H,14,17). The van der Waals surface area contributed by atoms with Gasteiger partial charge in [-0.1, -0.05) is 6.92 Å². The summed E-state index contributed by atoms with van der Waals surface area (Å²) in [7, 11) is 3.37. The molecule has 6 heteroatoms. The summed E-state index contributed by atoms with van der Waals surface area (Å²) in [6.07, 6.45) is 2.63. The van der Waals surface area contributed by atoms with Crippen LogP contribution in [0.1, 0.15) is 23.8 Å². The first-order valence-electron chi connectivity index (χ1n) is 5.81. The molecule has 0 fully saturated rings. The van der Waals surface area contributed by atoms with Crippen molar-refractivity contribution < 1.29 is 9.59 Å². The van der Waals surface area contributed by atoms with Crippen LogP contribution in [0.5, 0.6) is 0 Å². The fourth-order valence-corrected chi connectivity index (χ4v) is 2.20. The van der Waals surface area contributed by atoms with Crippen LogP contribution in [-0.4, -0.2) is 41.4 Å². The van der Waals surface area contributed by atoms with Crippen LogP contribution >= 0.6 is 15.9 Å². The number of hydrogen-bond acceptors (Lipinski definition) is 2. The highest BCUT2D eigenvalue weighted by molar-refractivity contribution is 9.10. The van der Waals surface area contributed by atoms with Gasteiger partial charge in [0.25, 0.3) is 5.91 Å². The van der Waals surface area contributed by atoms with Gasteiger partial charge in [-0.2, -0.15) is 0 Å². The number of aryl methyl sites for hydroxylation is 1. The topological polar surface area (TPSA) is 54.3 Å². The molecule has 0 aliphatic carbocycles. The maximum Gasteiger partial charge on any atom is 0.270 e. The lowest BCUT2D eigenvalue weighted by molar-refractivity contribution is -0.121. The van der Waals surface area contributed by atoms with Gasteiger partial charge in [0.15, 0.2) is 0 Å². The van der Waals surface area contributed by atoms with E-state index in [1.165, 1.54) is 0 Å². The van der Waals surface area contributed by atoms with Crippen LogP contribution in [0, 0.1) is 0 Å². The van der Waals surface area contributed by atoms with Crippen LogP contribution in [0.2, 0.25) is 0 Å². The Labute approximate surface area is 115 Å². The molecule has 0 saturated heterocycles. The van der Waals surface area contributed by atoms with Crippen LogP contribution < -0.4 is 5.32 Å². The number of hydrogen-bond donors (Lipinski definition) is 1. The van der Waals surface area contributed by atoms with E-state index in [1.54, 1.807) is 22.6 Å². The van der Waals surface area contributed by atoms with Crippen molar-refractivity contribution in [2.75, 3.05) is 20.1 Å². The van der Waals surface area contributed by atoms with E-state index in [0.29, 0.717) is 12.2 Å². The van der Waals surface area contributed by atoms with Crippen LogP contribution in [0.15, 0.2) is 16.7 Å². The second-order valence-electron chi connectivity index (χ2n) is 4.05. The second kappa shape index (κ2) is 6.58. The molecule has 1 aromatic heterocycles. The zero-order valence-electron chi connectivity index (χ0n) is 10.9. The monoisotopic (exact) mass is 315 g/mol. The Morgan fingerprint density at radius 2 is 2.17 bits per heavy atom. The lowest BCUT2D eigenvalue weighted by Gasteiger charge is -2.21. The van der Waals surface area contributed by atoms with Gasteiger partial charge in [0, 0.05) is 31.3 Å². The van der Waals surface area contributed by atoms with Crippen molar-refractivity contribution in [3.63, 3.8) is 0 Å². The summed E-state index contributed by atoms with van der Waals surface area (Å²) in [4.78, 5) is 25.3. The number of likely N-dealkylation sites (N-methyl/N-ethyl adjacent to an activating group) is 1. The molecule has 0 unspecified atom stereocenters. The summed E-state index contributed by atoms with van der Waals surface area (Å²) in [5, 5.41) is 2.53.